The van der Waals surface area contributed by atoms with Gasteiger partial charge in [-0.3, -0.25) is 13.9 Å². The quantitative estimate of drug-likeness (QED) is 0.629. The molecule has 6 nitrogen and oxygen atoms in total. The van der Waals surface area contributed by atoms with Crippen LogP contribution in [0.1, 0.15) is 0 Å². The lowest BCUT2D eigenvalue weighted by Crippen LogP contribution is -2.19. The second kappa shape index (κ2) is 7.21. The summed E-state index contributed by atoms with van der Waals surface area (Å²) < 4.78 is 68.1. The number of para-hydroxylation sites is 1. The Labute approximate surface area is 163 Å². The number of halogens is 3. The summed E-state index contributed by atoms with van der Waals surface area (Å²) in [6.45, 7) is 0. The van der Waals surface area contributed by atoms with Crippen molar-refractivity contribution in [2.24, 2.45) is 14.1 Å². The van der Waals surface area contributed by atoms with E-state index in [2.05, 4.69) is 4.72 Å². The molecule has 0 unspecified atom stereocenters. The molecule has 150 valence electrons. The minimum Gasteiger partial charge on any atom is -0.295 e. The first-order valence-electron chi connectivity index (χ1n) is 7.96. The highest BCUT2D eigenvalue weighted by molar-refractivity contribution is 7.99. The number of aryl methyl sites for hydroxylation is 2. The van der Waals surface area contributed by atoms with Gasteiger partial charge in [-0.2, -0.15) is 13.2 Å². The Balaban J connectivity index is 1.96. The van der Waals surface area contributed by atoms with Gasteiger partial charge < -0.3 is 0 Å². The number of alkyl halides is 3. The monoisotopic (exact) mass is 431 g/mol. The van der Waals surface area contributed by atoms with Crippen LogP contribution in [0.15, 0.2) is 57.1 Å². The van der Waals surface area contributed by atoms with E-state index in [4.69, 9.17) is 0 Å². The van der Waals surface area contributed by atoms with Gasteiger partial charge in [-0.25, -0.2) is 13.2 Å². The summed E-state index contributed by atoms with van der Waals surface area (Å²) in [5, 5.41) is 0. The van der Waals surface area contributed by atoms with Crippen molar-refractivity contribution in [2.45, 2.75) is 16.0 Å². The van der Waals surface area contributed by atoms with Crippen molar-refractivity contribution >= 4 is 38.5 Å². The highest BCUT2D eigenvalue weighted by Gasteiger charge is 2.28. The largest absolute Gasteiger partial charge is 0.398 e. The fourth-order valence-corrected chi connectivity index (χ4v) is 4.63. The van der Waals surface area contributed by atoms with Gasteiger partial charge in [-0.15, -0.1) is 11.8 Å². The van der Waals surface area contributed by atoms with Gasteiger partial charge in [-0.05, 0) is 30.3 Å². The Bertz CT molecular complexity index is 1200. The van der Waals surface area contributed by atoms with Gasteiger partial charge in [0.2, 0.25) is 0 Å². The second-order valence-corrected chi connectivity index (χ2v) is 8.76. The molecular weight excluding hydrogens is 415 g/mol. The van der Waals surface area contributed by atoms with Gasteiger partial charge >= 0.3 is 11.9 Å². The molecule has 0 aliphatic rings. The predicted octanol–water partition coefficient (Wildman–Crippen LogP) is 3.33. The Hall–Kier alpha value is -2.40. The smallest absolute Gasteiger partial charge is 0.295 e. The molecule has 0 saturated heterocycles. The van der Waals surface area contributed by atoms with Crippen LogP contribution in [-0.4, -0.2) is 29.5 Å². The number of benzene rings is 2. The van der Waals surface area contributed by atoms with Crippen LogP contribution in [0.5, 0.6) is 0 Å². The number of anilines is 1. The maximum absolute atomic E-state index is 12.8. The highest BCUT2D eigenvalue weighted by atomic mass is 32.2. The van der Waals surface area contributed by atoms with Gasteiger partial charge in [0.25, 0.3) is 10.0 Å². The van der Waals surface area contributed by atoms with E-state index in [9.17, 15) is 26.4 Å². The number of nitrogens with one attached hydrogen (secondary N) is 1. The van der Waals surface area contributed by atoms with Crippen LogP contribution >= 0.6 is 11.8 Å². The van der Waals surface area contributed by atoms with Crippen LogP contribution in [0.25, 0.3) is 11.0 Å². The third kappa shape index (κ3) is 4.04. The third-order valence-electron chi connectivity index (χ3n) is 4.08. The lowest BCUT2D eigenvalue weighted by atomic mass is 10.3. The van der Waals surface area contributed by atoms with Gasteiger partial charge in [0.1, 0.15) is 0 Å². The van der Waals surface area contributed by atoms with Crippen LogP contribution in [0.3, 0.4) is 0 Å². The fraction of sp³-hybridized carbons (Fsp3) is 0.235. The number of rotatable bonds is 5. The molecule has 3 rings (SSSR count). The summed E-state index contributed by atoms with van der Waals surface area (Å²) in [4.78, 5) is 12.1. The van der Waals surface area contributed by atoms with Crippen LogP contribution in [0, 0.1) is 0 Å². The van der Waals surface area contributed by atoms with Gasteiger partial charge in [0, 0.05) is 19.0 Å². The Morgan fingerprint density at radius 3 is 2.36 bits per heavy atom. The van der Waals surface area contributed by atoms with E-state index >= 15 is 0 Å². The Morgan fingerprint density at radius 2 is 1.68 bits per heavy atom. The van der Waals surface area contributed by atoms with Crippen molar-refractivity contribution < 1.29 is 21.6 Å². The number of thioether (sulfide) groups is 1. The van der Waals surface area contributed by atoms with Crippen molar-refractivity contribution in [3.63, 3.8) is 0 Å². The zero-order chi connectivity index (χ0) is 20.7. The lowest BCUT2D eigenvalue weighted by molar-refractivity contribution is -0.105. The molecule has 2 aromatic carbocycles. The topological polar surface area (TPSA) is 73.1 Å². The minimum atomic E-state index is -4.38. The van der Waals surface area contributed by atoms with E-state index in [1.165, 1.54) is 58.6 Å². The number of hydrogen-bond donors (Lipinski definition) is 1. The van der Waals surface area contributed by atoms with E-state index < -0.39 is 22.0 Å². The van der Waals surface area contributed by atoms with Crippen molar-refractivity contribution in [1.29, 1.82) is 0 Å². The Kier molecular flexibility index (Phi) is 5.24. The third-order valence-corrected chi connectivity index (χ3v) is 6.58. The molecule has 0 saturated carbocycles. The molecule has 0 amide bonds. The molecule has 0 fully saturated rings. The number of aromatic nitrogens is 2. The lowest BCUT2D eigenvalue weighted by Gasteiger charge is -2.13. The van der Waals surface area contributed by atoms with Crippen LogP contribution in [0.2, 0.25) is 0 Å². The van der Waals surface area contributed by atoms with Gasteiger partial charge in [0.05, 0.1) is 27.4 Å². The summed E-state index contributed by atoms with van der Waals surface area (Å²) >= 11 is 0.499. The molecule has 1 N–H and O–H groups in total. The zero-order valence-corrected chi connectivity index (χ0v) is 16.5. The van der Waals surface area contributed by atoms with E-state index in [0.717, 1.165) is 0 Å². The molecule has 0 aliphatic carbocycles. The Morgan fingerprint density at radius 1 is 1.04 bits per heavy atom. The van der Waals surface area contributed by atoms with E-state index in [1.807, 2.05) is 0 Å². The molecule has 11 heteroatoms. The average molecular weight is 431 g/mol. The molecule has 3 aromatic rings. The zero-order valence-electron chi connectivity index (χ0n) is 14.8. The molecule has 0 bridgehead atoms. The normalized spacial score (nSPS) is 12.5. The summed E-state index contributed by atoms with van der Waals surface area (Å²) in [5.41, 5.74) is 0.743. The highest BCUT2D eigenvalue weighted by Crippen LogP contribution is 2.33. The molecule has 0 radical (unpaired) electrons. The number of fused-ring (bicyclic) bond motifs is 1. The van der Waals surface area contributed by atoms with E-state index in [-0.39, 0.29) is 21.2 Å². The maximum atomic E-state index is 12.8. The van der Waals surface area contributed by atoms with Crippen LogP contribution in [-0.2, 0) is 24.1 Å². The van der Waals surface area contributed by atoms with Gasteiger partial charge in [0.15, 0.2) is 0 Å². The molecule has 1 heterocycles. The molecule has 0 aliphatic heterocycles. The average Bonchev–Trinajstić information content (AvgIpc) is 2.84. The van der Waals surface area contributed by atoms with Crippen molar-refractivity contribution in [3.8, 4) is 0 Å². The van der Waals surface area contributed by atoms with Crippen molar-refractivity contribution in [1.82, 2.24) is 9.13 Å². The summed E-state index contributed by atoms with van der Waals surface area (Å²) in [5.74, 6) is -1.14. The fourth-order valence-electron chi connectivity index (χ4n) is 2.69. The number of sulfonamides is 1. The number of hydrogen-bond acceptors (Lipinski definition) is 4. The minimum absolute atomic E-state index is 0.0544. The first-order valence-corrected chi connectivity index (χ1v) is 10.4. The number of imidazole rings is 1. The molecule has 28 heavy (non-hydrogen) atoms. The van der Waals surface area contributed by atoms with E-state index in [0.29, 0.717) is 22.8 Å². The predicted molar refractivity (Wildman–Crippen MR) is 102 cm³/mol. The maximum Gasteiger partial charge on any atom is 0.398 e. The van der Waals surface area contributed by atoms with Crippen LogP contribution < -0.4 is 10.4 Å². The molecule has 1 aromatic heterocycles. The summed E-state index contributed by atoms with van der Waals surface area (Å²) in [6, 6.07) is 10.1. The SMILES string of the molecule is Cn1c(=O)n(C)c2cc(S(=O)(=O)Nc3ccccc3SCC(F)(F)F)ccc21. The first kappa shape index (κ1) is 20.3. The van der Waals surface area contributed by atoms with Gasteiger partial charge in [-0.1, -0.05) is 12.1 Å². The standard InChI is InChI=1S/C17H16F3N3O3S2/c1-22-13-8-7-11(9-14(13)23(2)16(22)24)28(25,26)21-12-5-3-4-6-15(12)27-10-17(18,19)20/h3-9,21H,10H2,1-2H3. The second-order valence-electron chi connectivity index (χ2n) is 6.06. The first-order chi connectivity index (χ1) is 13.0. The molecule has 0 spiro atoms. The molecule has 0 atom stereocenters. The van der Waals surface area contributed by atoms with Crippen LogP contribution in [0.4, 0.5) is 18.9 Å². The van der Waals surface area contributed by atoms with Crippen molar-refractivity contribution in [2.75, 3.05) is 10.5 Å². The number of nitrogens with zero attached hydrogens (tertiary/aromatic N) is 2. The summed E-state index contributed by atoms with van der Waals surface area (Å²) in [6.07, 6.45) is -4.38. The van der Waals surface area contributed by atoms with E-state index in [1.54, 1.807) is 7.05 Å². The van der Waals surface area contributed by atoms with Crippen molar-refractivity contribution in [3.05, 3.63) is 52.9 Å². The molecular formula is C17H16F3N3O3S2. The summed E-state index contributed by atoms with van der Waals surface area (Å²) in [7, 11) is -0.971.